The third-order valence-corrected chi connectivity index (χ3v) is 4.34. The molecule has 0 atom stereocenters. The van der Waals surface area contributed by atoms with Gasteiger partial charge in [0.2, 0.25) is 0 Å². The summed E-state index contributed by atoms with van der Waals surface area (Å²) in [4.78, 5) is 16.0. The van der Waals surface area contributed by atoms with E-state index in [0.717, 1.165) is 5.56 Å². The summed E-state index contributed by atoms with van der Waals surface area (Å²) >= 11 is 23.6. The van der Waals surface area contributed by atoms with Gasteiger partial charge in [-0.25, -0.2) is 4.68 Å². The number of aromatic nitrogens is 2. The molecule has 0 radical (unpaired) electrons. The van der Waals surface area contributed by atoms with Gasteiger partial charge in [-0.05, 0) is 24.1 Å². The van der Waals surface area contributed by atoms with Crippen molar-refractivity contribution in [2.75, 3.05) is 6.54 Å². The van der Waals surface area contributed by atoms with E-state index >= 15 is 0 Å². The molecular formula is C14H11Cl4N3O. The first-order valence-electron chi connectivity index (χ1n) is 6.33. The molecule has 0 amide bonds. The fraction of sp³-hybridized carbons (Fsp3) is 0.214. The zero-order valence-electron chi connectivity index (χ0n) is 11.3. The van der Waals surface area contributed by atoms with E-state index in [1.807, 2.05) is 0 Å². The van der Waals surface area contributed by atoms with Gasteiger partial charge in [-0.2, -0.15) is 5.10 Å². The van der Waals surface area contributed by atoms with Crippen LogP contribution in [0.25, 0.3) is 0 Å². The minimum Gasteiger partial charge on any atom is -0.295 e. The van der Waals surface area contributed by atoms with Crippen molar-refractivity contribution >= 4 is 52.6 Å². The van der Waals surface area contributed by atoms with Crippen LogP contribution in [0.3, 0.4) is 0 Å². The van der Waals surface area contributed by atoms with E-state index in [0.29, 0.717) is 23.0 Å². The molecule has 1 heterocycles. The van der Waals surface area contributed by atoms with E-state index in [9.17, 15) is 4.79 Å². The summed E-state index contributed by atoms with van der Waals surface area (Å²) in [7, 11) is 0. The van der Waals surface area contributed by atoms with Crippen LogP contribution in [-0.2, 0) is 13.0 Å². The zero-order chi connectivity index (χ0) is 16.1. The monoisotopic (exact) mass is 377 g/mol. The third-order valence-electron chi connectivity index (χ3n) is 2.88. The maximum atomic E-state index is 11.8. The fourth-order valence-corrected chi connectivity index (χ4v) is 2.61. The Hall–Kier alpha value is -1.07. The van der Waals surface area contributed by atoms with E-state index < -0.39 is 5.56 Å². The second-order valence-corrected chi connectivity index (χ2v) is 5.93. The molecule has 0 saturated carbocycles. The molecular weight excluding hydrogens is 368 g/mol. The number of aliphatic imine (C=N–C) groups is 1. The van der Waals surface area contributed by atoms with Gasteiger partial charge in [-0.15, -0.1) is 0 Å². The van der Waals surface area contributed by atoms with Crippen LogP contribution in [0.15, 0.2) is 34.2 Å². The summed E-state index contributed by atoms with van der Waals surface area (Å²) in [5, 5.41) is 5.19. The standard InChI is InChI=1S/C14H11Cl4N3O/c15-10-2-1-3-11(16)9(10)4-5-19-6-7-21-14(22)13(18)12(17)8-20-21/h1-3,6,8H,4-5,7H2/b19-6+. The Morgan fingerprint density at radius 1 is 1.14 bits per heavy atom. The normalized spacial score (nSPS) is 11.3. The maximum Gasteiger partial charge on any atom is 0.287 e. The van der Waals surface area contributed by atoms with Crippen LogP contribution in [-0.4, -0.2) is 22.5 Å². The number of nitrogens with zero attached hydrogens (tertiary/aromatic N) is 3. The van der Waals surface area contributed by atoms with Crippen molar-refractivity contribution in [3.05, 3.63) is 60.4 Å². The molecule has 0 bridgehead atoms. The second-order valence-electron chi connectivity index (χ2n) is 4.33. The molecule has 2 rings (SSSR count). The van der Waals surface area contributed by atoms with Crippen LogP contribution >= 0.6 is 46.4 Å². The molecule has 1 aromatic heterocycles. The SMILES string of the molecule is O=c1c(Cl)c(Cl)cnn1C/C=N/CCc1c(Cl)cccc1Cl. The maximum absolute atomic E-state index is 11.8. The van der Waals surface area contributed by atoms with Gasteiger partial charge in [0.25, 0.3) is 5.56 Å². The molecule has 0 unspecified atom stereocenters. The molecule has 22 heavy (non-hydrogen) atoms. The van der Waals surface area contributed by atoms with Crippen LogP contribution in [0.2, 0.25) is 20.1 Å². The topological polar surface area (TPSA) is 47.2 Å². The average Bonchev–Trinajstić information content (AvgIpc) is 2.49. The molecule has 0 aliphatic rings. The summed E-state index contributed by atoms with van der Waals surface area (Å²) in [5.74, 6) is 0. The van der Waals surface area contributed by atoms with Crippen LogP contribution in [0.5, 0.6) is 0 Å². The number of hydrogen-bond acceptors (Lipinski definition) is 3. The van der Waals surface area contributed by atoms with E-state index in [1.54, 1.807) is 24.4 Å². The van der Waals surface area contributed by atoms with Gasteiger partial charge in [0.1, 0.15) is 5.02 Å². The van der Waals surface area contributed by atoms with Gasteiger partial charge in [0.15, 0.2) is 0 Å². The highest BCUT2D eigenvalue weighted by Crippen LogP contribution is 2.24. The van der Waals surface area contributed by atoms with E-state index in [-0.39, 0.29) is 16.6 Å². The van der Waals surface area contributed by atoms with Crippen molar-refractivity contribution in [2.24, 2.45) is 4.99 Å². The van der Waals surface area contributed by atoms with Gasteiger partial charge in [0, 0.05) is 22.8 Å². The highest BCUT2D eigenvalue weighted by molar-refractivity contribution is 6.41. The lowest BCUT2D eigenvalue weighted by Crippen LogP contribution is -2.23. The summed E-state index contributed by atoms with van der Waals surface area (Å²) < 4.78 is 1.18. The van der Waals surface area contributed by atoms with Gasteiger partial charge >= 0.3 is 0 Å². The van der Waals surface area contributed by atoms with Crippen LogP contribution in [0, 0.1) is 0 Å². The largest absolute Gasteiger partial charge is 0.295 e. The molecule has 2 aromatic rings. The minimum atomic E-state index is -0.449. The quantitative estimate of drug-likeness (QED) is 0.733. The molecule has 116 valence electrons. The van der Waals surface area contributed by atoms with Gasteiger partial charge in [-0.1, -0.05) is 52.5 Å². The first kappa shape index (κ1) is 17.3. The third kappa shape index (κ3) is 4.23. The van der Waals surface area contributed by atoms with Crippen molar-refractivity contribution in [1.82, 2.24) is 9.78 Å². The number of rotatable bonds is 5. The van der Waals surface area contributed by atoms with Gasteiger partial charge < -0.3 is 0 Å². The summed E-state index contributed by atoms with van der Waals surface area (Å²) in [6.07, 6.45) is 3.52. The van der Waals surface area contributed by atoms with Gasteiger partial charge in [0.05, 0.1) is 17.8 Å². The molecule has 0 saturated heterocycles. The minimum absolute atomic E-state index is 0.0482. The fourth-order valence-electron chi connectivity index (χ4n) is 1.75. The predicted octanol–water partition coefficient (Wildman–Crippen LogP) is 4.17. The van der Waals surface area contributed by atoms with Crippen molar-refractivity contribution in [1.29, 1.82) is 0 Å². The smallest absolute Gasteiger partial charge is 0.287 e. The Morgan fingerprint density at radius 3 is 2.50 bits per heavy atom. The van der Waals surface area contributed by atoms with E-state index in [1.165, 1.54) is 10.9 Å². The van der Waals surface area contributed by atoms with E-state index in [2.05, 4.69) is 10.1 Å². The first-order valence-corrected chi connectivity index (χ1v) is 7.84. The van der Waals surface area contributed by atoms with Crippen molar-refractivity contribution in [2.45, 2.75) is 13.0 Å². The molecule has 8 heteroatoms. The van der Waals surface area contributed by atoms with Crippen molar-refractivity contribution in [3.8, 4) is 0 Å². The number of hydrogen-bond donors (Lipinski definition) is 0. The molecule has 1 aromatic carbocycles. The summed E-state index contributed by atoms with van der Waals surface area (Å²) in [6.45, 7) is 0.714. The predicted molar refractivity (Wildman–Crippen MR) is 92.0 cm³/mol. The Balaban J connectivity index is 1.95. The van der Waals surface area contributed by atoms with Crippen LogP contribution < -0.4 is 5.56 Å². The Kier molecular flexibility index (Phi) is 6.26. The molecule has 4 nitrogen and oxygen atoms in total. The summed E-state index contributed by atoms with van der Waals surface area (Å²) in [6, 6.07) is 5.36. The lowest BCUT2D eigenvalue weighted by Gasteiger charge is -2.04. The van der Waals surface area contributed by atoms with Crippen molar-refractivity contribution in [3.63, 3.8) is 0 Å². The first-order chi connectivity index (χ1) is 10.5. The summed E-state index contributed by atoms with van der Waals surface area (Å²) in [5.41, 5.74) is 0.405. The number of halogens is 4. The highest BCUT2D eigenvalue weighted by atomic mass is 35.5. The molecule has 0 N–H and O–H groups in total. The molecule has 0 aliphatic carbocycles. The van der Waals surface area contributed by atoms with Crippen LogP contribution in [0.1, 0.15) is 5.56 Å². The van der Waals surface area contributed by atoms with Crippen LogP contribution in [0.4, 0.5) is 0 Å². The lowest BCUT2D eigenvalue weighted by molar-refractivity contribution is 0.675. The lowest BCUT2D eigenvalue weighted by atomic mass is 10.1. The average molecular weight is 379 g/mol. The van der Waals surface area contributed by atoms with Gasteiger partial charge in [-0.3, -0.25) is 9.79 Å². The zero-order valence-corrected chi connectivity index (χ0v) is 14.3. The Bertz CT molecular complexity index is 738. The molecule has 0 spiro atoms. The second kappa shape index (κ2) is 7.97. The Morgan fingerprint density at radius 2 is 1.82 bits per heavy atom. The van der Waals surface area contributed by atoms with Crippen molar-refractivity contribution < 1.29 is 0 Å². The number of benzene rings is 1. The van der Waals surface area contributed by atoms with E-state index in [4.69, 9.17) is 46.4 Å². The molecule has 0 aliphatic heterocycles. The molecule has 0 fully saturated rings. The highest BCUT2D eigenvalue weighted by Gasteiger charge is 2.06. The Labute approximate surface area is 147 Å².